The first kappa shape index (κ1) is 20.8. The van der Waals surface area contributed by atoms with Gasteiger partial charge in [0.25, 0.3) is 5.92 Å². The minimum absolute atomic E-state index is 0.0479. The number of alkyl halides is 2. The molecular weight excluding hydrogens is 388 g/mol. The molecule has 1 aliphatic heterocycles. The minimum Gasteiger partial charge on any atom is -0.396 e. The Labute approximate surface area is 168 Å². The number of pyridine rings is 1. The second-order valence-electron chi connectivity index (χ2n) is 7.14. The molecule has 1 aliphatic rings. The van der Waals surface area contributed by atoms with E-state index in [1.54, 1.807) is 24.7 Å². The molecule has 0 aliphatic carbocycles. The Morgan fingerprint density at radius 2 is 1.96 bits per heavy atom. The second kappa shape index (κ2) is 9.07. The second-order valence-corrected chi connectivity index (χ2v) is 7.52. The van der Waals surface area contributed by atoms with E-state index in [2.05, 4.69) is 20.3 Å². The minimum atomic E-state index is -2.55. The summed E-state index contributed by atoms with van der Waals surface area (Å²) in [6, 6.07) is 1.76. The van der Waals surface area contributed by atoms with Crippen LogP contribution < -0.4 is 5.32 Å². The van der Waals surface area contributed by atoms with Crippen molar-refractivity contribution < 1.29 is 13.9 Å². The Balaban J connectivity index is 1.71. The predicted octanol–water partition coefficient (Wildman–Crippen LogP) is 3.61. The molecule has 1 saturated heterocycles. The van der Waals surface area contributed by atoms with Crippen molar-refractivity contribution in [2.45, 2.75) is 44.7 Å². The molecule has 3 heterocycles. The lowest BCUT2D eigenvalue weighted by Crippen LogP contribution is -2.39. The van der Waals surface area contributed by atoms with E-state index in [1.165, 1.54) is 0 Å². The fourth-order valence-corrected chi connectivity index (χ4v) is 3.29. The highest BCUT2D eigenvalue weighted by molar-refractivity contribution is 6.29. The molecule has 2 aromatic heterocycles. The topological polar surface area (TPSA) is 74.2 Å². The number of anilines is 1. The number of piperidine rings is 1. The Morgan fingerprint density at radius 3 is 2.61 bits per heavy atom. The van der Waals surface area contributed by atoms with E-state index in [0.29, 0.717) is 36.9 Å². The third-order valence-corrected chi connectivity index (χ3v) is 5.00. The Morgan fingerprint density at radius 1 is 1.21 bits per heavy atom. The van der Waals surface area contributed by atoms with E-state index in [9.17, 15) is 8.78 Å². The summed E-state index contributed by atoms with van der Waals surface area (Å²) >= 11 is 6.02. The van der Waals surface area contributed by atoms with Gasteiger partial charge in [-0.2, -0.15) is 0 Å². The largest absolute Gasteiger partial charge is 0.396 e. The fraction of sp³-hybridized carbons (Fsp3) is 0.526. The van der Waals surface area contributed by atoms with Gasteiger partial charge in [-0.3, -0.25) is 14.9 Å². The number of aliphatic hydroxyl groups excluding tert-OH is 1. The van der Waals surface area contributed by atoms with Crippen LogP contribution >= 0.6 is 11.6 Å². The molecule has 2 N–H and O–H groups in total. The zero-order valence-corrected chi connectivity index (χ0v) is 16.5. The van der Waals surface area contributed by atoms with Crippen LogP contribution in [0.15, 0.2) is 24.7 Å². The smallest absolute Gasteiger partial charge is 0.250 e. The molecule has 0 amide bonds. The SMILES string of the molecule is C[C@@H](CCO)Nc1cc(Cl)ncc1-c1cnc(CN2CCC(F)(F)CC2)cn1. The van der Waals surface area contributed by atoms with Crippen molar-refractivity contribution in [3.05, 3.63) is 35.5 Å². The van der Waals surface area contributed by atoms with Crippen molar-refractivity contribution in [1.82, 2.24) is 19.9 Å². The van der Waals surface area contributed by atoms with Crippen LogP contribution in [0, 0.1) is 0 Å². The van der Waals surface area contributed by atoms with Crippen LogP contribution in [0.1, 0.15) is 31.9 Å². The van der Waals surface area contributed by atoms with Gasteiger partial charge in [-0.1, -0.05) is 11.6 Å². The third kappa shape index (κ3) is 5.56. The maximum Gasteiger partial charge on any atom is 0.250 e. The van der Waals surface area contributed by atoms with Crippen LogP contribution in [0.2, 0.25) is 5.15 Å². The molecule has 6 nitrogen and oxygen atoms in total. The van der Waals surface area contributed by atoms with Crippen LogP contribution in [0.5, 0.6) is 0 Å². The van der Waals surface area contributed by atoms with Crippen molar-refractivity contribution in [2.24, 2.45) is 0 Å². The van der Waals surface area contributed by atoms with Crippen molar-refractivity contribution in [3.8, 4) is 11.3 Å². The average Bonchev–Trinajstić information content (AvgIpc) is 2.65. The highest BCUT2D eigenvalue weighted by Gasteiger charge is 2.33. The Kier molecular flexibility index (Phi) is 6.74. The molecule has 152 valence electrons. The molecule has 0 radical (unpaired) electrons. The Hall–Kier alpha value is -1.90. The molecule has 2 aromatic rings. The van der Waals surface area contributed by atoms with Gasteiger partial charge in [-0.25, -0.2) is 13.8 Å². The van der Waals surface area contributed by atoms with Gasteiger partial charge in [0.05, 0.1) is 23.8 Å². The number of likely N-dealkylation sites (tertiary alicyclic amines) is 1. The summed E-state index contributed by atoms with van der Waals surface area (Å²) in [5.74, 6) is -2.55. The normalized spacial score (nSPS) is 18.0. The van der Waals surface area contributed by atoms with Crippen LogP contribution in [-0.2, 0) is 6.54 Å². The fourth-order valence-electron chi connectivity index (χ4n) is 3.13. The van der Waals surface area contributed by atoms with Crippen molar-refractivity contribution in [1.29, 1.82) is 0 Å². The van der Waals surface area contributed by atoms with Gasteiger partial charge in [0, 0.05) is 62.6 Å². The summed E-state index contributed by atoms with van der Waals surface area (Å²) in [6.07, 6.45) is 5.32. The first-order chi connectivity index (χ1) is 13.4. The van der Waals surface area contributed by atoms with Gasteiger partial charge in [0.1, 0.15) is 5.15 Å². The summed E-state index contributed by atoms with van der Waals surface area (Å²) < 4.78 is 26.5. The lowest BCUT2D eigenvalue weighted by atomic mass is 10.1. The van der Waals surface area contributed by atoms with Gasteiger partial charge >= 0.3 is 0 Å². The summed E-state index contributed by atoms with van der Waals surface area (Å²) in [4.78, 5) is 15.0. The first-order valence-corrected chi connectivity index (χ1v) is 9.68. The number of aliphatic hydroxyl groups is 1. The highest BCUT2D eigenvalue weighted by Crippen LogP contribution is 2.30. The van der Waals surface area contributed by atoms with Crippen LogP contribution in [0.3, 0.4) is 0 Å². The van der Waals surface area contributed by atoms with Crippen molar-refractivity contribution in [3.63, 3.8) is 0 Å². The van der Waals surface area contributed by atoms with Crippen LogP contribution in [0.25, 0.3) is 11.3 Å². The molecular formula is C19H24ClF2N5O. The number of hydrogen-bond donors (Lipinski definition) is 2. The van der Waals surface area contributed by atoms with E-state index in [1.807, 2.05) is 11.8 Å². The monoisotopic (exact) mass is 411 g/mol. The number of nitrogens with one attached hydrogen (secondary N) is 1. The maximum absolute atomic E-state index is 13.3. The van der Waals surface area contributed by atoms with E-state index in [-0.39, 0.29) is 25.5 Å². The Bertz CT molecular complexity index is 780. The molecule has 0 unspecified atom stereocenters. The van der Waals surface area contributed by atoms with Crippen LogP contribution in [-0.4, -0.2) is 56.6 Å². The molecule has 9 heteroatoms. The predicted molar refractivity (Wildman–Crippen MR) is 105 cm³/mol. The summed E-state index contributed by atoms with van der Waals surface area (Å²) in [7, 11) is 0. The molecule has 0 spiro atoms. The maximum atomic E-state index is 13.3. The van der Waals surface area contributed by atoms with E-state index in [0.717, 1.165) is 16.9 Å². The van der Waals surface area contributed by atoms with Gasteiger partial charge in [-0.05, 0) is 19.4 Å². The number of aromatic nitrogens is 3. The molecule has 1 atom stereocenters. The molecule has 0 saturated carbocycles. The van der Waals surface area contributed by atoms with Gasteiger partial charge in [0.2, 0.25) is 0 Å². The molecule has 0 aromatic carbocycles. The van der Waals surface area contributed by atoms with E-state index in [4.69, 9.17) is 16.7 Å². The number of rotatable bonds is 7. The van der Waals surface area contributed by atoms with Crippen LogP contribution in [0.4, 0.5) is 14.5 Å². The first-order valence-electron chi connectivity index (χ1n) is 9.31. The average molecular weight is 412 g/mol. The van der Waals surface area contributed by atoms with E-state index < -0.39 is 5.92 Å². The zero-order chi connectivity index (χ0) is 20.1. The number of hydrogen-bond acceptors (Lipinski definition) is 6. The van der Waals surface area contributed by atoms with Crippen molar-refractivity contribution in [2.75, 3.05) is 25.0 Å². The lowest BCUT2D eigenvalue weighted by molar-refractivity contribution is -0.0568. The van der Waals surface area contributed by atoms with Crippen molar-refractivity contribution >= 4 is 17.3 Å². The standard InChI is InChI=1S/C19H24ClF2N5O/c1-13(2-7-28)26-16-8-18(20)25-10-15(16)17-11-23-14(9-24-17)12-27-5-3-19(21,22)4-6-27/h8-11,13,28H,2-7,12H2,1H3,(H,25,26)/t13-/m0/s1. The lowest BCUT2D eigenvalue weighted by Gasteiger charge is -2.31. The molecule has 28 heavy (non-hydrogen) atoms. The van der Waals surface area contributed by atoms with Gasteiger partial charge in [0.15, 0.2) is 0 Å². The third-order valence-electron chi connectivity index (χ3n) is 4.79. The van der Waals surface area contributed by atoms with Gasteiger partial charge < -0.3 is 10.4 Å². The summed E-state index contributed by atoms with van der Waals surface area (Å²) in [5.41, 5.74) is 2.89. The molecule has 0 bridgehead atoms. The zero-order valence-electron chi connectivity index (χ0n) is 15.7. The van der Waals surface area contributed by atoms with E-state index >= 15 is 0 Å². The molecule has 3 rings (SSSR count). The highest BCUT2D eigenvalue weighted by atomic mass is 35.5. The number of halogens is 3. The quantitative estimate of drug-likeness (QED) is 0.678. The number of nitrogens with zero attached hydrogens (tertiary/aromatic N) is 4. The molecule has 1 fully saturated rings. The van der Waals surface area contributed by atoms with Gasteiger partial charge in [-0.15, -0.1) is 0 Å². The summed E-state index contributed by atoms with van der Waals surface area (Å²) in [6.45, 7) is 3.26. The summed E-state index contributed by atoms with van der Waals surface area (Å²) in [5, 5.41) is 12.8.